The van der Waals surface area contributed by atoms with E-state index >= 15 is 0 Å². The van der Waals surface area contributed by atoms with Gasteiger partial charge in [0.15, 0.2) is 6.10 Å². The molecule has 2 aromatic rings. The smallest absolute Gasteiger partial charge is 0.266 e. The van der Waals surface area contributed by atoms with Crippen molar-refractivity contribution in [2.24, 2.45) is 0 Å². The number of benzene rings is 1. The Bertz CT molecular complexity index is 663. The quantitative estimate of drug-likeness (QED) is 0.838. The molecule has 2 rings (SSSR count). The van der Waals surface area contributed by atoms with Crippen LogP contribution >= 0.6 is 34.5 Å². The van der Waals surface area contributed by atoms with Gasteiger partial charge in [-0.3, -0.25) is 10.1 Å². The number of aryl methyl sites for hydroxylation is 1. The van der Waals surface area contributed by atoms with Crippen molar-refractivity contribution in [3.8, 4) is 5.75 Å². The van der Waals surface area contributed by atoms with E-state index in [0.29, 0.717) is 20.9 Å². The van der Waals surface area contributed by atoms with E-state index in [4.69, 9.17) is 27.9 Å². The molecule has 0 spiro atoms. The molecule has 0 saturated carbocycles. The fraction of sp³-hybridized carbons (Fsp3) is 0.357. The number of hydrogen-bond donors (Lipinski definition) is 1. The van der Waals surface area contributed by atoms with E-state index in [2.05, 4.69) is 22.4 Å². The summed E-state index contributed by atoms with van der Waals surface area (Å²) in [5, 5.41) is 12.8. The lowest BCUT2D eigenvalue weighted by Gasteiger charge is -2.14. The molecule has 0 bridgehead atoms. The minimum atomic E-state index is -0.725. The number of hydrogen-bond acceptors (Lipinski definition) is 5. The van der Waals surface area contributed by atoms with E-state index in [9.17, 15) is 4.79 Å². The van der Waals surface area contributed by atoms with Gasteiger partial charge in [-0.2, -0.15) is 0 Å². The van der Waals surface area contributed by atoms with Crippen LogP contribution in [0.4, 0.5) is 5.13 Å². The molecule has 0 fully saturated rings. The molecule has 5 nitrogen and oxygen atoms in total. The first-order valence-electron chi connectivity index (χ1n) is 6.74. The van der Waals surface area contributed by atoms with Crippen molar-refractivity contribution in [1.29, 1.82) is 0 Å². The minimum Gasteiger partial charge on any atom is -0.479 e. The highest BCUT2D eigenvalue weighted by Gasteiger charge is 2.18. The predicted molar refractivity (Wildman–Crippen MR) is 89.1 cm³/mol. The lowest BCUT2D eigenvalue weighted by Crippen LogP contribution is -2.30. The van der Waals surface area contributed by atoms with Gasteiger partial charge in [0.1, 0.15) is 10.8 Å². The van der Waals surface area contributed by atoms with Gasteiger partial charge in [0, 0.05) is 11.4 Å². The number of halogens is 2. The first kappa shape index (κ1) is 17.0. The molecule has 0 aliphatic heterocycles. The van der Waals surface area contributed by atoms with E-state index in [1.165, 1.54) is 11.3 Å². The maximum atomic E-state index is 12.1. The predicted octanol–water partition coefficient (Wildman–Crippen LogP) is 4.20. The third kappa shape index (κ3) is 4.56. The number of amides is 1. The van der Waals surface area contributed by atoms with Crippen molar-refractivity contribution in [2.45, 2.75) is 32.8 Å². The maximum absolute atomic E-state index is 12.1. The molecule has 8 heteroatoms. The third-order valence-electron chi connectivity index (χ3n) is 2.73. The van der Waals surface area contributed by atoms with Crippen molar-refractivity contribution in [1.82, 2.24) is 10.2 Å². The standard InChI is InChI=1S/C14H15Cl2N3O2S/c1-3-4-12-18-19-14(22-12)17-13(20)8(2)21-11-6-5-9(15)7-10(11)16/h5-8H,3-4H2,1-2H3,(H,17,19,20)/t8-/m0/s1. The summed E-state index contributed by atoms with van der Waals surface area (Å²) in [6.07, 6.45) is 1.11. The van der Waals surface area contributed by atoms with Crippen LogP contribution in [0.15, 0.2) is 18.2 Å². The average Bonchev–Trinajstić information content (AvgIpc) is 2.89. The second kappa shape index (κ2) is 7.76. The van der Waals surface area contributed by atoms with E-state index < -0.39 is 6.10 Å². The zero-order valence-electron chi connectivity index (χ0n) is 12.1. The van der Waals surface area contributed by atoms with Crippen LogP contribution in [0.2, 0.25) is 10.0 Å². The summed E-state index contributed by atoms with van der Waals surface area (Å²) in [6.45, 7) is 3.69. The number of nitrogens with zero attached hydrogens (tertiary/aromatic N) is 2. The van der Waals surface area contributed by atoms with Gasteiger partial charge in [0.25, 0.3) is 5.91 Å². The van der Waals surface area contributed by atoms with Crippen LogP contribution in [-0.4, -0.2) is 22.2 Å². The van der Waals surface area contributed by atoms with Crippen molar-refractivity contribution in [3.05, 3.63) is 33.3 Å². The Morgan fingerprint density at radius 1 is 1.41 bits per heavy atom. The number of aromatic nitrogens is 2. The lowest BCUT2D eigenvalue weighted by molar-refractivity contribution is -0.122. The van der Waals surface area contributed by atoms with E-state index in [1.54, 1.807) is 25.1 Å². The summed E-state index contributed by atoms with van der Waals surface area (Å²) in [5.74, 6) is 0.0860. The molecule has 0 unspecified atom stereocenters. The molecule has 22 heavy (non-hydrogen) atoms. The Hall–Kier alpha value is -1.37. The molecule has 0 aliphatic rings. The molecule has 1 amide bonds. The number of carbonyl (C=O) groups is 1. The summed E-state index contributed by atoms with van der Waals surface area (Å²) >= 11 is 13.2. The molecule has 0 aliphatic carbocycles. The molecule has 118 valence electrons. The van der Waals surface area contributed by atoms with Gasteiger partial charge in [-0.25, -0.2) is 0 Å². The highest BCUT2D eigenvalue weighted by atomic mass is 35.5. The SMILES string of the molecule is CCCc1nnc(NC(=O)[C@H](C)Oc2ccc(Cl)cc2Cl)s1. The highest BCUT2D eigenvalue weighted by Crippen LogP contribution is 2.28. The number of rotatable bonds is 6. The van der Waals surface area contributed by atoms with E-state index in [1.807, 2.05) is 0 Å². The Labute approximate surface area is 142 Å². The second-order valence-corrected chi connectivity index (χ2v) is 6.48. The van der Waals surface area contributed by atoms with Crippen molar-refractivity contribution in [2.75, 3.05) is 5.32 Å². The second-order valence-electron chi connectivity index (χ2n) is 4.58. The Balaban J connectivity index is 1.96. The maximum Gasteiger partial charge on any atom is 0.266 e. The van der Waals surface area contributed by atoms with Crippen LogP contribution in [0.3, 0.4) is 0 Å². The first-order valence-corrected chi connectivity index (χ1v) is 8.31. The Morgan fingerprint density at radius 2 is 2.18 bits per heavy atom. The fourth-order valence-corrected chi connectivity index (χ4v) is 2.94. The number of ether oxygens (including phenoxy) is 1. The highest BCUT2D eigenvalue weighted by molar-refractivity contribution is 7.15. The molecule has 1 N–H and O–H groups in total. The van der Waals surface area contributed by atoms with Gasteiger partial charge in [0.05, 0.1) is 5.02 Å². The average molecular weight is 360 g/mol. The monoisotopic (exact) mass is 359 g/mol. The van der Waals surface area contributed by atoms with Crippen LogP contribution < -0.4 is 10.1 Å². The number of anilines is 1. The molecule has 0 saturated heterocycles. The Morgan fingerprint density at radius 3 is 2.86 bits per heavy atom. The topological polar surface area (TPSA) is 64.1 Å². The lowest BCUT2D eigenvalue weighted by atomic mass is 10.3. The summed E-state index contributed by atoms with van der Waals surface area (Å²) in [7, 11) is 0. The summed E-state index contributed by atoms with van der Waals surface area (Å²) in [4.78, 5) is 12.1. The fourth-order valence-electron chi connectivity index (χ4n) is 1.64. The largest absolute Gasteiger partial charge is 0.479 e. The number of nitrogens with one attached hydrogen (secondary N) is 1. The molecule has 1 aromatic carbocycles. The van der Waals surface area contributed by atoms with Gasteiger partial charge in [-0.15, -0.1) is 10.2 Å². The first-order chi connectivity index (χ1) is 10.5. The normalized spacial score (nSPS) is 12.0. The van der Waals surface area contributed by atoms with Crippen LogP contribution in [0.5, 0.6) is 5.75 Å². The molecule has 1 heterocycles. The number of carbonyl (C=O) groups excluding carboxylic acids is 1. The zero-order chi connectivity index (χ0) is 16.1. The minimum absolute atomic E-state index is 0.315. The van der Waals surface area contributed by atoms with Crippen molar-refractivity contribution in [3.63, 3.8) is 0 Å². The Kier molecular flexibility index (Phi) is 5.99. The van der Waals surface area contributed by atoms with Crippen LogP contribution in [0.1, 0.15) is 25.3 Å². The van der Waals surface area contributed by atoms with Crippen molar-refractivity contribution < 1.29 is 9.53 Å². The van der Waals surface area contributed by atoms with E-state index in [0.717, 1.165) is 17.8 Å². The molecular formula is C14H15Cl2N3O2S. The van der Waals surface area contributed by atoms with Crippen LogP contribution in [0, 0.1) is 0 Å². The summed E-state index contributed by atoms with van der Waals surface area (Å²) in [5.41, 5.74) is 0. The van der Waals surface area contributed by atoms with Crippen LogP contribution in [0.25, 0.3) is 0 Å². The zero-order valence-corrected chi connectivity index (χ0v) is 14.4. The van der Waals surface area contributed by atoms with Gasteiger partial charge >= 0.3 is 0 Å². The van der Waals surface area contributed by atoms with Gasteiger partial charge < -0.3 is 4.74 Å². The van der Waals surface area contributed by atoms with Gasteiger partial charge in [0.2, 0.25) is 5.13 Å². The molecular weight excluding hydrogens is 345 g/mol. The third-order valence-corrected chi connectivity index (χ3v) is 4.16. The van der Waals surface area contributed by atoms with Gasteiger partial charge in [-0.1, -0.05) is 41.5 Å². The molecule has 0 radical (unpaired) electrons. The summed E-state index contributed by atoms with van der Waals surface area (Å²) < 4.78 is 5.54. The van der Waals surface area contributed by atoms with Gasteiger partial charge in [-0.05, 0) is 31.5 Å². The molecule has 1 atom stereocenters. The van der Waals surface area contributed by atoms with Crippen LogP contribution in [-0.2, 0) is 11.2 Å². The summed E-state index contributed by atoms with van der Waals surface area (Å²) in [6, 6.07) is 4.83. The van der Waals surface area contributed by atoms with Crippen molar-refractivity contribution >= 4 is 45.6 Å². The van der Waals surface area contributed by atoms with E-state index in [-0.39, 0.29) is 5.91 Å². The molecule has 1 aromatic heterocycles.